The van der Waals surface area contributed by atoms with Gasteiger partial charge in [0.2, 0.25) is 0 Å². The quantitative estimate of drug-likeness (QED) is 0.264. The van der Waals surface area contributed by atoms with E-state index in [0.29, 0.717) is 0 Å². The third-order valence-corrected chi connectivity index (χ3v) is 7.14. The average molecular weight is 425 g/mol. The van der Waals surface area contributed by atoms with Crippen LogP contribution in [0.2, 0.25) is 0 Å². The Morgan fingerprint density at radius 2 is 1.24 bits per heavy atom. The lowest BCUT2D eigenvalue weighted by Gasteiger charge is -2.21. The SMILES string of the molecule is C1=Cc2c(oc3ccc4oc5ccccc5c4c23)C(n2c3ccccc3c3ccccc32)C1. The van der Waals surface area contributed by atoms with Gasteiger partial charge in [0.1, 0.15) is 22.5 Å². The van der Waals surface area contributed by atoms with Crippen LogP contribution in [0.4, 0.5) is 0 Å². The summed E-state index contributed by atoms with van der Waals surface area (Å²) in [7, 11) is 0. The number of furan rings is 2. The summed E-state index contributed by atoms with van der Waals surface area (Å²) in [5.41, 5.74) is 6.37. The Morgan fingerprint density at radius 3 is 2.00 bits per heavy atom. The molecule has 4 aromatic carbocycles. The summed E-state index contributed by atoms with van der Waals surface area (Å²) in [5.74, 6) is 1.02. The molecule has 0 saturated carbocycles. The summed E-state index contributed by atoms with van der Waals surface area (Å²) in [6.07, 6.45) is 5.41. The number of allylic oxidation sites excluding steroid dienone is 1. The van der Waals surface area contributed by atoms with Crippen molar-refractivity contribution in [3.63, 3.8) is 0 Å². The van der Waals surface area contributed by atoms with Crippen LogP contribution in [0.3, 0.4) is 0 Å². The Bertz CT molecular complexity index is 1860. The third-order valence-electron chi connectivity index (χ3n) is 7.14. The molecule has 1 aliphatic carbocycles. The average Bonchev–Trinajstić information content (AvgIpc) is 3.53. The fourth-order valence-corrected chi connectivity index (χ4v) is 5.79. The van der Waals surface area contributed by atoms with E-state index < -0.39 is 0 Å². The molecule has 3 nitrogen and oxygen atoms in total. The molecule has 1 aliphatic rings. The molecular weight excluding hydrogens is 406 g/mol. The highest BCUT2D eigenvalue weighted by Crippen LogP contribution is 2.45. The highest BCUT2D eigenvalue weighted by Gasteiger charge is 2.29. The number of benzene rings is 4. The molecule has 0 amide bonds. The number of hydrogen-bond donors (Lipinski definition) is 0. The molecule has 0 fully saturated rings. The normalized spacial score (nSPS) is 15.9. The standard InChI is InChI=1S/C30H19NO2/c1-4-12-22-18(8-1)19-9-2-5-13-23(19)31(22)24-14-7-11-21-29-27(33-30(21)24)17-16-26-28(29)20-10-3-6-15-25(20)32-26/h1-13,15-17,24H,14H2. The Hall–Kier alpha value is -4.24. The molecule has 0 bridgehead atoms. The van der Waals surface area contributed by atoms with E-state index in [2.05, 4.69) is 83.4 Å². The van der Waals surface area contributed by atoms with Gasteiger partial charge in [-0.15, -0.1) is 0 Å². The van der Waals surface area contributed by atoms with Crippen molar-refractivity contribution < 1.29 is 8.83 Å². The molecule has 3 heteroatoms. The Balaban J connectivity index is 1.48. The summed E-state index contributed by atoms with van der Waals surface area (Å²) >= 11 is 0. The minimum Gasteiger partial charge on any atom is -0.458 e. The van der Waals surface area contributed by atoms with Crippen molar-refractivity contribution in [3.8, 4) is 0 Å². The Morgan fingerprint density at radius 1 is 0.606 bits per heavy atom. The number of aromatic nitrogens is 1. The monoisotopic (exact) mass is 425 g/mol. The minimum atomic E-state index is 0.0930. The van der Waals surface area contributed by atoms with Crippen molar-refractivity contribution in [2.45, 2.75) is 12.5 Å². The summed E-state index contributed by atoms with van der Waals surface area (Å²) < 4.78 is 15.3. The van der Waals surface area contributed by atoms with Crippen molar-refractivity contribution in [2.75, 3.05) is 0 Å². The molecular formula is C30H19NO2. The molecule has 1 atom stereocenters. The van der Waals surface area contributed by atoms with Crippen LogP contribution in [0.15, 0.2) is 99.8 Å². The first-order valence-corrected chi connectivity index (χ1v) is 11.4. The van der Waals surface area contributed by atoms with E-state index in [1.807, 2.05) is 18.2 Å². The third kappa shape index (κ3) is 2.19. The largest absolute Gasteiger partial charge is 0.458 e. The van der Waals surface area contributed by atoms with Crippen LogP contribution >= 0.6 is 0 Å². The molecule has 33 heavy (non-hydrogen) atoms. The second-order valence-electron chi connectivity index (χ2n) is 8.85. The maximum Gasteiger partial charge on any atom is 0.136 e. The molecule has 0 radical (unpaired) electrons. The van der Waals surface area contributed by atoms with Crippen molar-refractivity contribution in [3.05, 3.63) is 102 Å². The number of nitrogens with zero attached hydrogens (tertiary/aromatic N) is 1. The van der Waals surface area contributed by atoms with E-state index in [-0.39, 0.29) is 6.04 Å². The second kappa shape index (κ2) is 6.17. The van der Waals surface area contributed by atoms with Gasteiger partial charge in [-0.2, -0.15) is 0 Å². The van der Waals surface area contributed by atoms with Crippen LogP contribution in [0.1, 0.15) is 23.8 Å². The molecule has 0 spiro atoms. The van der Waals surface area contributed by atoms with Crippen LogP contribution in [-0.4, -0.2) is 4.57 Å². The van der Waals surface area contributed by atoms with Gasteiger partial charge in [-0.25, -0.2) is 0 Å². The molecule has 3 heterocycles. The van der Waals surface area contributed by atoms with Gasteiger partial charge < -0.3 is 13.4 Å². The van der Waals surface area contributed by atoms with E-state index >= 15 is 0 Å². The van der Waals surface area contributed by atoms with E-state index in [9.17, 15) is 0 Å². The smallest absolute Gasteiger partial charge is 0.136 e. The van der Waals surface area contributed by atoms with Crippen molar-refractivity contribution in [1.82, 2.24) is 4.57 Å². The number of para-hydroxylation sites is 3. The first-order chi connectivity index (χ1) is 16.4. The van der Waals surface area contributed by atoms with Crippen LogP contribution in [0.25, 0.3) is 60.8 Å². The van der Waals surface area contributed by atoms with E-state index in [4.69, 9.17) is 8.83 Å². The van der Waals surface area contributed by atoms with Crippen molar-refractivity contribution in [2.24, 2.45) is 0 Å². The van der Waals surface area contributed by atoms with Gasteiger partial charge in [-0.1, -0.05) is 66.7 Å². The lowest BCUT2D eigenvalue weighted by molar-refractivity contribution is 0.461. The second-order valence-corrected chi connectivity index (χ2v) is 8.85. The van der Waals surface area contributed by atoms with Gasteiger partial charge in [0, 0.05) is 43.5 Å². The van der Waals surface area contributed by atoms with Gasteiger partial charge >= 0.3 is 0 Å². The number of hydrogen-bond acceptors (Lipinski definition) is 2. The van der Waals surface area contributed by atoms with Gasteiger partial charge in [0.15, 0.2) is 0 Å². The predicted octanol–water partition coefficient (Wildman–Crippen LogP) is 8.45. The lowest BCUT2D eigenvalue weighted by Crippen LogP contribution is -2.12. The van der Waals surface area contributed by atoms with Crippen LogP contribution in [0, 0.1) is 0 Å². The molecule has 8 rings (SSSR count). The van der Waals surface area contributed by atoms with E-state index in [1.54, 1.807) is 0 Å². The topological polar surface area (TPSA) is 31.2 Å². The Kier molecular flexibility index (Phi) is 3.24. The molecule has 0 aliphatic heterocycles. The molecule has 0 N–H and O–H groups in total. The molecule has 1 unspecified atom stereocenters. The van der Waals surface area contributed by atoms with Crippen LogP contribution in [-0.2, 0) is 0 Å². The highest BCUT2D eigenvalue weighted by molar-refractivity contribution is 6.20. The first kappa shape index (κ1) is 17.3. The van der Waals surface area contributed by atoms with Gasteiger partial charge in [-0.05, 0) is 36.8 Å². The fourth-order valence-electron chi connectivity index (χ4n) is 5.79. The summed E-state index contributed by atoms with van der Waals surface area (Å²) in [5, 5.41) is 5.98. The fraction of sp³-hybridized carbons (Fsp3) is 0.0667. The zero-order valence-electron chi connectivity index (χ0n) is 17.8. The van der Waals surface area contributed by atoms with Gasteiger partial charge in [0.05, 0.1) is 6.04 Å². The highest BCUT2D eigenvalue weighted by atomic mass is 16.3. The van der Waals surface area contributed by atoms with Crippen molar-refractivity contribution in [1.29, 1.82) is 0 Å². The molecule has 7 aromatic rings. The summed E-state index contributed by atoms with van der Waals surface area (Å²) in [6.45, 7) is 0. The van der Waals surface area contributed by atoms with E-state index in [0.717, 1.165) is 45.1 Å². The van der Waals surface area contributed by atoms with Crippen LogP contribution in [0.5, 0.6) is 0 Å². The van der Waals surface area contributed by atoms with E-state index in [1.165, 1.54) is 27.4 Å². The lowest BCUT2D eigenvalue weighted by atomic mass is 9.95. The van der Waals surface area contributed by atoms with Crippen molar-refractivity contribution >= 4 is 60.8 Å². The Labute approximate surface area is 189 Å². The molecule has 156 valence electrons. The first-order valence-electron chi connectivity index (χ1n) is 11.4. The predicted molar refractivity (Wildman–Crippen MR) is 135 cm³/mol. The zero-order valence-corrected chi connectivity index (χ0v) is 17.8. The van der Waals surface area contributed by atoms with Gasteiger partial charge in [0.25, 0.3) is 0 Å². The molecule has 0 saturated heterocycles. The summed E-state index contributed by atoms with van der Waals surface area (Å²) in [4.78, 5) is 0. The molecule has 3 aromatic heterocycles. The maximum atomic E-state index is 6.64. The zero-order chi connectivity index (χ0) is 21.5. The number of rotatable bonds is 1. The van der Waals surface area contributed by atoms with Crippen LogP contribution < -0.4 is 0 Å². The maximum absolute atomic E-state index is 6.64. The number of fused-ring (bicyclic) bond motifs is 10. The van der Waals surface area contributed by atoms with Gasteiger partial charge in [-0.3, -0.25) is 0 Å². The minimum absolute atomic E-state index is 0.0930. The summed E-state index contributed by atoms with van der Waals surface area (Å²) in [6, 6.07) is 29.8.